The van der Waals surface area contributed by atoms with E-state index in [4.69, 9.17) is 4.74 Å². The highest BCUT2D eigenvalue weighted by molar-refractivity contribution is 5.92. The minimum Gasteiger partial charge on any atom is -0.457 e. The van der Waals surface area contributed by atoms with Crippen LogP contribution in [0.4, 0.5) is 0 Å². The lowest BCUT2D eigenvalue weighted by Gasteiger charge is -2.28. The summed E-state index contributed by atoms with van der Waals surface area (Å²) in [6, 6.07) is 25.1. The molecular formula is C23H18N4O2. The van der Waals surface area contributed by atoms with E-state index in [1.165, 1.54) is 0 Å². The maximum atomic E-state index is 12.9. The number of nitrogens with zero attached hydrogens (tertiary/aromatic N) is 3. The number of fused-ring (bicyclic) bond motifs is 2. The van der Waals surface area contributed by atoms with Crippen LogP contribution in [0.25, 0.3) is 0 Å². The first-order valence-corrected chi connectivity index (χ1v) is 9.38. The van der Waals surface area contributed by atoms with Crippen molar-refractivity contribution in [3.63, 3.8) is 0 Å². The van der Waals surface area contributed by atoms with E-state index < -0.39 is 0 Å². The molecule has 1 aromatic heterocycles. The molecule has 1 aliphatic heterocycles. The summed E-state index contributed by atoms with van der Waals surface area (Å²) in [5.41, 5.74) is 3.20. The van der Waals surface area contributed by atoms with Gasteiger partial charge < -0.3 is 10.1 Å². The van der Waals surface area contributed by atoms with Crippen molar-refractivity contribution in [1.29, 1.82) is 0 Å². The minimum atomic E-state index is -0.317. The van der Waals surface area contributed by atoms with Crippen molar-refractivity contribution in [3.8, 4) is 11.5 Å². The second-order valence-electron chi connectivity index (χ2n) is 6.87. The monoisotopic (exact) mass is 382 g/mol. The van der Waals surface area contributed by atoms with Crippen molar-refractivity contribution in [3.05, 3.63) is 107 Å². The summed E-state index contributed by atoms with van der Waals surface area (Å²) in [5, 5.41) is 11.2. The minimum absolute atomic E-state index is 0.277. The van der Waals surface area contributed by atoms with E-state index in [-0.39, 0.29) is 17.6 Å². The number of ether oxygens (including phenoxy) is 1. The average Bonchev–Trinajstić information content (AvgIpc) is 3.23. The molecule has 0 unspecified atom stereocenters. The summed E-state index contributed by atoms with van der Waals surface area (Å²) in [5.74, 6) is 1.20. The number of hydrogen-bond donors (Lipinski definition) is 1. The van der Waals surface area contributed by atoms with Crippen molar-refractivity contribution in [2.75, 3.05) is 0 Å². The van der Waals surface area contributed by atoms with Gasteiger partial charge in [-0.1, -0.05) is 71.9 Å². The lowest BCUT2D eigenvalue weighted by Crippen LogP contribution is -2.31. The van der Waals surface area contributed by atoms with Gasteiger partial charge in [-0.05, 0) is 17.7 Å². The Labute approximate surface area is 167 Å². The summed E-state index contributed by atoms with van der Waals surface area (Å²) in [6.45, 7) is 0.560. The zero-order chi connectivity index (χ0) is 19.6. The Hall–Kier alpha value is -3.93. The van der Waals surface area contributed by atoms with Crippen LogP contribution in [0.15, 0.2) is 85.1 Å². The smallest absolute Gasteiger partial charge is 0.274 e. The number of para-hydroxylation sites is 2. The highest BCUT2D eigenvalue weighted by Crippen LogP contribution is 2.42. The van der Waals surface area contributed by atoms with Crippen molar-refractivity contribution >= 4 is 5.91 Å². The summed E-state index contributed by atoms with van der Waals surface area (Å²) in [6.07, 6.45) is 1.67. The summed E-state index contributed by atoms with van der Waals surface area (Å²) in [7, 11) is 0. The van der Waals surface area contributed by atoms with E-state index in [2.05, 4.69) is 15.6 Å². The molecule has 1 amide bonds. The third-order valence-electron chi connectivity index (χ3n) is 4.91. The molecule has 0 saturated heterocycles. The number of hydrogen-bond acceptors (Lipinski definition) is 4. The molecule has 0 fully saturated rings. The van der Waals surface area contributed by atoms with Gasteiger partial charge >= 0.3 is 0 Å². The first-order chi connectivity index (χ1) is 14.3. The first kappa shape index (κ1) is 17.2. The normalized spacial score (nSPS) is 12.6. The van der Waals surface area contributed by atoms with Gasteiger partial charge in [0.25, 0.3) is 5.91 Å². The van der Waals surface area contributed by atoms with E-state index in [0.717, 1.165) is 28.2 Å². The fourth-order valence-corrected chi connectivity index (χ4v) is 3.52. The van der Waals surface area contributed by atoms with E-state index >= 15 is 0 Å². The highest BCUT2D eigenvalue weighted by Gasteiger charge is 2.29. The maximum absolute atomic E-state index is 12.9. The molecule has 29 heavy (non-hydrogen) atoms. The Kier molecular flexibility index (Phi) is 4.29. The quantitative estimate of drug-likeness (QED) is 0.580. The van der Waals surface area contributed by atoms with E-state index in [1.807, 2.05) is 78.9 Å². The Morgan fingerprint density at radius 2 is 1.52 bits per heavy atom. The molecule has 2 heterocycles. The Balaban J connectivity index is 1.40. The lowest BCUT2D eigenvalue weighted by molar-refractivity contribution is 0.0936. The van der Waals surface area contributed by atoms with Crippen LogP contribution in [0.3, 0.4) is 0 Å². The number of amides is 1. The predicted molar refractivity (Wildman–Crippen MR) is 108 cm³/mol. The molecule has 6 nitrogen and oxygen atoms in total. The van der Waals surface area contributed by atoms with Gasteiger partial charge in [0.2, 0.25) is 0 Å². The topological polar surface area (TPSA) is 69.0 Å². The molecular weight excluding hydrogens is 364 g/mol. The molecule has 1 N–H and O–H groups in total. The van der Waals surface area contributed by atoms with Crippen LogP contribution in [-0.2, 0) is 6.54 Å². The van der Waals surface area contributed by atoms with Crippen LogP contribution in [0.2, 0.25) is 0 Å². The predicted octanol–water partition coefficient (Wildman–Crippen LogP) is 3.95. The van der Waals surface area contributed by atoms with Crippen LogP contribution >= 0.6 is 0 Å². The van der Waals surface area contributed by atoms with Crippen LogP contribution in [0, 0.1) is 0 Å². The maximum Gasteiger partial charge on any atom is 0.274 e. The zero-order valence-electron chi connectivity index (χ0n) is 15.5. The molecule has 0 bridgehead atoms. The number of nitrogens with one attached hydrogen (secondary N) is 1. The van der Waals surface area contributed by atoms with Gasteiger partial charge in [0.05, 0.1) is 18.8 Å². The molecule has 0 radical (unpaired) electrons. The fraction of sp³-hybridized carbons (Fsp3) is 0.0870. The SMILES string of the molecule is O=C(NC1c2ccccc2Oc2ccccc21)c1cn(Cc2ccccc2)nn1. The van der Waals surface area contributed by atoms with Crippen molar-refractivity contribution in [1.82, 2.24) is 20.3 Å². The van der Waals surface area contributed by atoms with Gasteiger partial charge in [0.15, 0.2) is 5.69 Å². The molecule has 5 rings (SSSR count). The van der Waals surface area contributed by atoms with Crippen LogP contribution < -0.4 is 10.1 Å². The van der Waals surface area contributed by atoms with E-state index in [0.29, 0.717) is 6.54 Å². The third kappa shape index (κ3) is 3.36. The molecule has 6 heteroatoms. The molecule has 0 atom stereocenters. The van der Waals surface area contributed by atoms with Crippen LogP contribution in [0.5, 0.6) is 11.5 Å². The number of carbonyl (C=O) groups is 1. The molecule has 0 saturated carbocycles. The molecule has 0 spiro atoms. The second-order valence-corrected chi connectivity index (χ2v) is 6.87. The summed E-state index contributed by atoms with van der Waals surface area (Å²) >= 11 is 0. The Bertz CT molecular complexity index is 1120. The molecule has 1 aliphatic rings. The van der Waals surface area contributed by atoms with Gasteiger partial charge in [-0.25, -0.2) is 4.68 Å². The Morgan fingerprint density at radius 1 is 0.897 bits per heavy atom. The van der Waals surface area contributed by atoms with Crippen LogP contribution in [-0.4, -0.2) is 20.9 Å². The van der Waals surface area contributed by atoms with Crippen LogP contribution in [0.1, 0.15) is 33.2 Å². The highest BCUT2D eigenvalue weighted by atomic mass is 16.5. The standard InChI is InChI=1S/C23H18N4O2/c28-23(19-15-27(26-25-19)14-16-8-2-1-3-9-16)24-22-17-10-4-6-12-20(17)29-21-13-7-5-11-18(21)22/h1-13,15,22H,14H2,(H,24,28). The first-order valence-electron chi connectivity index (χ1n) is 9.38. The zero-order valence-corrected chi connectivity index (χ0v) is 15.5. The van der Waals surface area contributed by atoms with Gasteiger partial charge in [-0.3, -0.25) is 4.79 Å². The third-order valence-corrected chi connectivity index (χ3v) is 4.91. The summed E-state index contributed by atoms with van der Waals surface area (Å²) in [4.78, 5) is 12.9. The largest absolute Gasteiger partial charge is 0.457 e. The molecule has 3 aromatic carbocycles. The number of carbonyl (C=O) groups excluding carboxylic acids is 1. The molecule has 0 aliphatic carbocycles. The van der Waals surface area contributed by atoms with Crippen molar-refractivity contribution < 1.29 is 9.53 Å². The second kappa shape index (κ2) is 7.24. The fourth-order valence-electron chi connectivity index (χ4n) is 3.52. The average molecular weight is 382 g/mol. The van der Waals surface area contributed by atoms with Gasteiger partial charge in [0.1, 0.15) is 11.5 Å². The van der Waals surface area contributed by atoms with E-state index in [9.17, 15) is 4.79 Å². The summed E-state index contributed by atoms with van der Waals surface area (Å²) < 4.78 is 7.64. The van der Waals surface area contributed by atoms with Gasteiger partial charge in [0, 0.05) is 11.1 Å². The number of rotatable bonds is 4. The van der Waals surface area contributed by atoms with Crippen molar-refractivity contribution in [2.24, 2.45) is 0 Å². The van der Waals surface area contributed by atoms with Crippen molar-refractivity contribution in [2.45, 2.75) is 12.6 Å². The number of aromatic nitrogens is 3. The van der Waals surface area contributed by atoms with E-state index in [1.54, 1.807) is 10.9 Å². The van der Waals surface area contributed by atoms with Gasteiger partial charge in [-0.2, -0.15) is 0 Å². The lowest BCUT2D eigenvalue weighted by atomic mass is 9.94. The number of benzene rings is 3. The Morgan fingerprint density at radius 3 is 2.21 bits per heavy atom. The van der Waals surface area contributed by atoms with Gasteiger partial charge in [-0.15, -0.1) is 5.10 Å². The molecule has 4 aromatic rings. The molecule has 142 valence electrons.